The van der Waals surface area contributed by atoms with Crippen LogP contribution in [0.5, 0.6) is 0 Å². The smallest absolute Gasteiger partial charge is 0.275 e. The third-order valence-corrected chi connectivity index (χ3v) is 4.07. The summed E-state index contributed by atoms with van der Waals surface area (Å²) in [4.78, 5) is 31.2. The van der Waals surface area contributed by atoms with Gasteiger partial charge in [0, 0.05) is 30.4 Å². The van der Waals surface area contributed by atoms with Crippen LogP contribution in [-0.4, -0.2) is 26.3 Å². The largest absolute Gasteiger partial charge is 0.321 e. The molecule has 0 bridgehead atoms. The second kappa shape index (κ2) is 6.81. The third kappa shape index (κ3) is 3.72. The Morgan fingerprint density at radius 2 is 2.08 bits per heavy atom. The summed E-state index contributed by atoms with van der Waals surface area (Å²) >= 11 is 1.13. The molecule has 0 aliphatic carbocycles. The Morgan fingerprint density at radius 3 is 2.72 bits per heavy atom. The second-order valence-electron chi connectivity index (χ2n) is 5.18. The maximum Gasteiger partial charge on any atom is 0.275 e. The third-order valence-electron chi connectivity index (χ3n) is 3.31. The number of imidazole rings is 1. The topological polar surface area (TPSA) is 88.9 Å². The predicted molar refractivity (Wildman–Crippen MR) is 92.6 cm³/mol. The standard InChI is InChI=1S/C16H14FN5O2S/c1-9-18-5-6-22(9)14-4-3-11(7-12(14)17)20-15(24)13-8-25-16(21-13)19-10(2)23/h3-8H,1-2H3,(H,20,24)(H,19,21,23). The van der Waals surface area contributed by atoms with E-state index >= 15 is 0 Å². The molecule has 0 spiro atoms. The zero-order chi connectivity index (χ0) is 18.0. The molecule has 2 amide bonds. The number of hydrogen-bond donors (Lipinski definition) is 2. The van der Waals surface area contributed by atoms with Crippen molar-refractivity contribution in [1.29, 1.82) is 0 Å². The number of carbonyl (C=O) groups excluding carboxylic acids is 2. The SMILES string of the molecule is CC(=O)Nc1nc(C(=O)Nc2ccc(-n3ccnc3C)c(F)c2)cs1. The van der Waals surface area contributed by atoms with E-state index in [4.69, 9.17) is 0 Å². The number of rotatable bonds is 4. The van der Waals surface area contributed by atoms with E-state index in [0.717, 1.165) is 11.3 Å². The fourth-order valence-electron chi connectivity index (χ4n) is 2.19. The zero-order valence-corrected chi connectivity index (χ0v) is 14.2. The molecule has 0 aliphatic rings. The van der Waals surface area contributed by atoms with Crippen molar-refractivity contribution in [2.45, 2.75) is 13.8 Å². The number of anilines is 2. The van der Waals surface area contributed by atoms with Gasteiger partial charge in [0.2, 0.25) is 5.91 Å². The summed E-state index contributed by atoms with van der Waals surface area (Å²) in [5.41, 5.74) is 0.788. The number of halogens is 1. The molecule has 0 atom stereocenters. The first-order valence-corrected chi connectivity index (χ1v) is 8.16. The molecular formula is C16H14FN5O2S. The van der Waals surface area contributed by atoms with E-state index in [1.807, 2.05) is 0 Å². The van der Waals surface area contributed by atoms with Crippen molar-refractivity contribution in [3.05, 3.63) is 53.3 Å². The van der Waals surface area contributed by atoms with E-state index in [9.17, 15) is 14.0 Å². The van der Waals surface area contributed by atoms with Gasteiger partial charge in [-0.15, -0.1) is 11.3 Å². The maximum atomic E-state index is 14.3. The lowest BCUT2D eigenvalue weighted by Crippen LogP contribution is -2.13. The molecular weight excluding hydrogens is 345 g/mol. The summed E-state index contributed by atoms with van der Waals surface area (Å²) in [6, 6.07) is 4.38. The first kappa shape index (κ1) is 16.8. The predicted octanol–water partition coefficient (Wildman–Crippen LogP) is 2.99. The van der Waals surface area contributed by atoms with Crippen LogP contribution in [0.2, 0.25) is 0 Å². The van der Waals surface area contributed by atoms with E-state index in [0.29, 0.717) is 22.3 Å². The van der Waals surface area contributed by atoms with E-state index in [1.165, 1.54) is 18.4 Å². The molecule has 3 rings (SSSR count). The fourth-order valence-corrected chi connectivity index (χ4v) is 2.93. The van der Waals surface area contributed by atoms with Crippen LogP contribution in [-0.2, 0) is 4.79 Å². The van der Waals surface area contributed by atoms with Crippen molar-refractivity contribution in [3.8, 4) is 5.69 Å². The number of amides is 2. The van der Waals surface area contributed by atoms with Crippen LogP contribution >= 0.6 is 11.3 Å². The molecule has 2 N–H and O–H groups in total. The van der Waals surface area contributed by atoms with Crippen molar-refractivity contribution in [3.63, 3.8) is 0 Å². The minimum Gasteiger partial charge on any atom is -0.321 e. The number of aromatic nitrogens is 3. The van der Waals surface area contributed by atoms with Crippen molar-refractivity contribution in [2.24, 2.45) is 0 Å². The van der Waals surface area contributed by atoms with Gasteiger partial charge in [0.15, 0.2) is 5.13 Å². The maximum absolute atomic E-state index is 14.3. The molecule has 1 aromatic carbocycles. The molecule has 0 aliphatic heterocycles. The van der Waals surface area contributed by atoms with Gasteiger partial charge in [-0.2, -0.15) is 0 Å². The Morgan fingerprint density at radius 1 is 1.28 bits per heavy atom. The van der Waals surface area contributed by atoms with Gasteiger partial charge in [-0.3, -0.25) is 9.59 Å². The highest BCUT2D eigenvalue weighted by Gasteiger charge is 2.13. The highest BCUT2D eigenvalue weighted by atomic mass is 32.1. The van der Waals surface area contributed by atoms with Gasteiger partial charge in [-0.1, -0.05) is 0 Å². The number of carbonyl (C=O) groups is 2. The van der Waals surface area contributed by atoms with E-state index < -0.39 is 11.7 Å². The van der Waals surface area contributed by atoms with Crippen LogP contribution in [0.4, 0.5) is 15.2 Å². The van der Waals surface area contributed by atoms with Gasteiger partial charge in [0.05, 0.1) is 5.69 Å². The number of nitrogens with zero attached hydrogens (tertiary/aromatic N) is 3. The molecule has 9 heteroatoms. The minimum absolute atomic E-state index is 0.142. The Kier molecular flexibility index (Phi) is 4.57. The van der Waals surface area contributed by atoms with Gasteiger partial charge in [0.25, 0.3) is 5.91 Å². The van der Waals surface area contributed by atoms with Crippen LogP contribution in [0.15, 0.2) is 36.0 Å². The van der Waals surface area contributed by atoms with Crippen molar-refractivity contribution in [1.82, 2.24) is 14.5 Å². The van der Waals surface area contributed by atoms with E-state index in [-0.39, 0.29) is 11.6 Å². The Balaban J connectivity index is 1.76. The summed E-state index contributed by atoms with van der Waals surface area (Å²) in [7, 11) is 0. The lowest BCUT2D eigenvalue weighted by Gasteiger charge is -2.09. The number of hydrogen-bond acceptors (Lipinski definition) is 5. The van der Waals surface area contributed by atoms with Crippen LogP contribution < -0.4 is 10.6 Å². The number of aryl methyl sites for hydroxylation is 1. The molecule has 128 valence electrons. The van der Waals surface area contributed by atoms with E-state index in [1.54, 1.807) is 36.0 Å². The van der Waals surface area contributed by atoms with Crippen molar-refractivity contribution < 1.29 is 14.0 Å². The van der Waals surface area contributed by atoms with Gasteiger partial charge in [-0.05, 0) is 25.1 Å². The Hall–Kier alpha value is -3.07. The number of thiazole rings is 1. The fraction of sp³-hybridized carbons (Fsp3) is 0.125. The van der Waals surface area contributed by atoms with Crippen LogP contribution in [0.3, 0.4) is 0 Å². The average Bonchev–Trinajstić information content (AvgIpc) is 3.16. The summed E-state index contributed by atoms with van der Waals surface area (Å²) < 4.78 is 15.9. The monoisotopic (exact) mass is 359 g/mol. The molecule has 0 fully saturated rings. The lowest BCUT2D eigenvalue weighted by molar-refractivity contribution is -0.114. The first-order valence-electron chi connectivity index (χ1n) is 7.28. The Bertz CT molecular complexity index is 950. The molecule has 0 saturated heterocycles. The molecule has 3 aromatic rings. The highest BCUT2D eigenvalue weighted by Crippen LogP contribution is 2.21. The zero-order valence-electron chi connectivity index (χ0n) is 13.4. The van der Waals surface area contributed by atoms with Crippen LogP contribution in [0.25, 0.3) is 5.69 Å². The normalized spacial score (nSPS) is 10.5. The average molecular weight is 359 g/mol. The summed E-state index contributed by atoms with van der Waals surface area (Å²) in [6.07, 6.45) is 3.24. The van der Waals surface area contributed by atoms with Crippen molar-refractivity contribution in [2.75, 3.05) is 10.6 Å². The minimum atomic E-state index is -0.490. The van der Waals surface area contributed by atoms with E-state index in [2.05, 4.69) is 20.6 Å². The summed E-state index contributed by atoms with van der Waals surface area (Å²) in [6.45, 7) is 3.12. The molecule has 25 heavy (non-hydrogen) atoms. The highest BCUT2D eigenvalue weighted by molar-refractivity contribution is 7.14. The van der Waals surface area contributed by atoms with Gasteiger partial charge >= 0.3 is 0 Å². The first-order chi connectivity index (χ1) is 11.9. The van der Waals surface area contributed by atoms with Crippen LogP contribution in [0.1, 0.15) is 23.2 Å². The van der Waals surface area contributed by atoms with Crippen molar-refractivity contribution >= 4 is 34.0 Å². The molecule has 7 nitrogen and oxygen atoms in total. The molecule has 0 radical (unpaired) electrons. The molecule has 2 aromatic heterocycles. The summed E-state index contributed by atoms with van der Waals surface area (Å²) in [5, 5.41) is 6.92. The van der Waals surface area contributed by atoms with Gasteiger partial charge < -0.3 is 15.2 Å². The summed E-state index contributed by atoms with van der Waals surface area (Å²) in [5.74, 6) is -0.590. The molecule has 2 heterocycles. The van der Waals surface area contributed by atoms with Gasteiger partial charge in [0.1, 0.15) is 17.3 Å². The van der Waals surface area contributed by atoms with Gasteiger partial charge in [-0.25, -0.2) is 14.4 Å². The molecule has 0 unspecified atom stereocenters. The second-order valence-corrected chi connectivity index (χ2v) is 6.04. The lowest BCUT2D eigenvalue weighted by atomic mass is 10.2. The number of benzene rings is 1. The molecule has 0 saturated carbocycles. The Labute approximate surface area is 146 Å². The quantitative estimate of drug-likeness (QED) is 0.749. The number of nitrogens with one attached hydrogen (secondary N) is 2. The van der Waals surface area contributed by atoms with Crippen LogP contribution in [0, 0.1) is 12.7 Å².